The zero-order valence-electron chi connectivity index (χ0n) is 25.9. The van der Waals surface area contributed by atoms with Crippen molar-refractivity contribution in [3.8, 4) is 5.75 Å². The van der Waals surface area contributed by atoms with Crippen LogP contribution in [0.15, 0.2) is 77.7 Å². The van der Waals surface area contributed by atoms with Crippen molar-refractivity contribution >= 4 is 25.7 Å². The Balaban J connectivity index is 1.58. The average Bonchev–Trinajstić information content (AvgIpc) is 3.23. The van der Waals surface area contributed by atoms with Gasteiger partial charge >= 0.3 is 31.5 Å². The fourth-order valence-electron chi connectivity index (χ4n) is 4.26. The van der Waals surface area contributed by atoms with Crippen LogP contribution >= 0.6 is 7.75 Å². The predicted molar refractivity (Wildman–Crippen MR) is 162 cm³/mol. The molecule has 0 amide bonds. The average molecular weight is 681 g/mol. The van der Waals surface area contributed by atoms with E-state index in [1.54, 1.807) is 48.5 Å². The topological polar surface area (TPSA) is 180 Å². The number of rotatable bonds is 12. The summed E-state index contributed by atoms with van der Waals surface area (Å²) in [5, 5.41) is 2.45. The first-order chi connectivity index (χ1) is 22.1. The Morgan fingerprint density at radius 2 is 1.74 bits per heavy atom. The number of aromatic nitrogens is 2. The highest BCUT2D eigenvalue weighted by molar-refractivity contribution is 7.52. The number of anilines is 1. The van der Waals surface area contributed by atoms with E-state index in [1.165, 1.54) is 39.8 Å². The smallest absolute Gasteiger partial charge is 0.460 e. The fourth-order valence-corrected chi connectivity index (χ4v) is 5.76. The molecule has 2 heterocycles. The maximum atomic E-state index is 15.9. The van der Waals surface area contributed by atoms with Crippen LogP contribution in [0.3, 0.4) is 0 Å². The van der Waals surface area contributed by atoms with Crippen LogP contribution < -0.4 is 21.0 Å². The summed E-state index contributed by atoms with van der Waals surface area (Å²) in [6.07, 6.45) is -7.13. The molecule has 1 unspecified atom stereocenters. The number of nitrogens with one attached hydrogen (secondary N) is 1. The Morgan fingerprint density at radius 3 is 2.36 bits per heavy atom. The summed E-state index contributed by atoms with van der Waals surface area (Å²) in [6.45, 7) is 4.80. The monoisotopic (exact) mass is 680 g/mol. The van der Waals surface area contributed by atoms with Crippen molar-refractivity contribution in [2.24, 2.45) is 0 Å². The molecule has 0 aliphatic carbocycles. The number of benzene rings is 2. The number of ether oxygens (including phenoxy) is 4. The molecule has 17 heteroatoms. The molecule has 1 aliphatic rings. The third-order valence-electron chi connectivity index (χ3n) is 6.37. The Morgan fingerprint density at radius 1 is 1.11 bits per heavy atom. The molecule has 5 atom stereocenters. The molecule has 3 N–H and O–H groups in total. The van der Waals surface area contributed by atoms with Crippen molar-refractivity contribution in [2.45, 2.75) is 70.3 Å². The van der Waals surface area contributed by atoms with Gasteiger partial charge in [0.2, 0.25) is 12.3 Å². The number of nitrogens with zero attached hydrogens (tertiary/aromatic N) is 2. The number of halogens is 2. The molecule has 1 aliphatic heterocycles. The molecule has 3 aromatic rings. The van der Waals surface area contributed by atoms with E-state index in [4.69, 9.17) is 33.7 Å². The number of hydrogen-bond donors (Lipinski definition) is 2. The lowest BCUT2D eigenvalue weighted by Gasteiger charge is -2.27. The molecule has 14 nitrogen and oxygen atoms in total. The zero-order chi connectivity index (χ0) is 34.4. The molecule has 1 fully saturated rings. The van der Waals surface area contributed by atoms with Crippen molar-refractivity contribution in [2.75, 3.05) is 12.3 Å². The first-order valence-electron chi connectivity index (χ1n) is 14.3. The van der Waals surface area contributed by atoms with E-state index in [0.29, 0.717) is 10.1 Å². The largest absolute Gasteiger partial charge is 0.509 e. The maximum Gasteiger partial charge on any atom is 0.509 e. The molecule has 4 rings (SSSR count). The van der Waals surface area contributed by atoms with Crippen LogP contribution in [0.4, 0.5) is 19.4 Å². The summed E-state index contributed by atoms with van der Waals surface area (Å²) in [5.74, 6) is -5.07. The lowest BCUT2D eigenvalue weighted by molar-refractivity contribution is -0.149. The van der Waals surface area contributed by atoms with Gasteiger partial charge in [0.1, 0.15) is 35.9 Å². The van der Waals surface area contributed by atoms with Crippen molar-refractivity contribution in [3.05, 3.63) is 89.0 Å². The summed E-state index contributed by atoms with van der Waals surface area (Å²) in [4.78, 5) is 41.2. The van der Waals surface area contributed by atoms with Gasteiger partial charge in [-0.2, -0.15) is 18.9 Å². The number of para-hydroxylation sites is 1. The van der Waals surface area contributed by atoms with E-state index in [-0.39, 0.29) is 18.2 Å². The van der Waals surface area contributed by atoms with Crippen LogP contribution in [-0.4, -0.2) is 58.1 Å². The molecule has 0 bridgehead atoms. The number of esters is 1. The van der Waals surface area contributed by atoms with E-state index in [0.717, 1.165) is 12.3 Å². The van der Waals surface area contributed by atoms with Gasteiger partial charge in [0.15, 0.2) is 0 Å². The minimum atomic E-state index is -4.59. The normalized spacial score (nSPS) is 20.9. The third kappa shape index (κ3) is 9.58. The summed E-state index contributed by atoms with van der Waals surface area (Å²) < 4.78 is 78.2. The van der Waals surface area contributed by atoms with Gasteiger partial charge in [0.05, 0.1) is 6.61 Å². The second kappa shape index (κ2) is 14.6. The zero-order valence-corrected chi connectivity index (χ0v) is 26.8. The van der Waals surface area contributed by atoms with Gasteiger partial charge in [-0.1, -0.05) is 48.5 Å². The Kier molecular flexibility index (Phi) is 11.0. The molecule has 47 heavy (non-hydrogen) atoms. The Labute approximate surface area is 268 Å². The number of nitrogen functional groups attached to an aromatic ring is 1. The third-order valence-corrected chi connectivity index (χ3v) is 8.02. The second-order valence-electron chi connectivity index (χ2n) is 11.4. The van der Waals surface area contributed by atoms with E-state index in [1.807, 2.05) is 0 Å². The van der Waals surface area contributed by atoms with Gasteiger partial charge in [-0.3, -0.25) is 13.9 Å². The van der Waals surface area contributed by atoms with E-state index < -0.39 is 68.2 Å². The molecule has 2 aromatic carbocycles. The van der Waals surface area contributed by atoms with Gasteiger partial charge < -0.3 is 29.2 Å². The van der Waals surface area contributed by atoms with Gasteiger partial charge in [-0.25, -0.2) is 14.2 Å². The van der Waals surface area contributed by atoms with Crippen LogP contribution in [0.1, 0.15) is 39.5 Å². The highest BCUT2D eigenvalue weighted by Crippen LogP contribution is 2.49. The van der Waals surface area contributed by atoms with Crippen molar-refractivity contribution < 1.29 is 50.9 Å². The predicted octanol–water partition coefficient (Wildman–Crippen LogP) is 4.60. The minimum Gasteiger partial charge on any atom is -0.460 e. The van der Waals surface area contributed by atoms with E-state index in [9.17, 15) is 18.9 Å². The van der Waals surface area contributed by atoms with Gasteiger partial charge in [-0.05, 0) is 51.5 Å². The quantitative estimate of drug-likeness (QED) is 0.200. The number of alkyl halides is 2. The maximum absolute atomic E-state index is 15.9. The van der Waals surface area contributed by atoms with E-state index in [2.05, 4.69) is 10.1 Å². The SMILES string of the molecule is C[C@H](NP(=O)(OC[C@H]1O[C@@H](n2ccc(N)nc2=O)C(F)(F)[C@@H]1OC(=O)OC(C)(C)C)Oc1ccccc1)C(=O)OCc1ccccc1. The van der Waals surface area contributed by atoms with Crippen LogP contribution in [0.2, 0.25) is 0 Å². The lowest BCUT2D eigenvalue weighted by atomic mass is 10.1. The Hall–Kier alpha value is -4.37. The van der Waals surface area contributed by atoms with Gasteiger partial charge in [0, 0.05) is 6.20 Å². The van der Waals surface area contributed by atoms with Gasteiger partial charge in [-0.15, -0.1) is 0 Å². The van der Waals surface area contributed by atoms with E-state index >= 15 is 8.78 Å². The molecule has 0 saturated carbocycles. The first kappa shape index (κ1) is 35.5. The van der Waals surface area contributed by atoms with Crippen LogP contribution in [0.5, 0.6) is 5.75 Å². The number of carbonyl (C=O) groups is 2. The summed E-state index contributed by atoms with van der Waals surface area (Å²) in [7, 11) is -4.59. The fraction of sp³-hybridized carbons (Fsp3) is 0.400. The van der Waals surface area contributed by atoms with Crippen LogP contribution in [-0.2, 0) is 39.4 Å². The highest BCUT2D eigenvalue weighted by atomic mass is 31.2. The summed E-state index contributed by atoms with van der Waals surface area (Å²) >= 11 is 0. The highest BCUT2D eigenvalue weighted by Gasteiger charge is 2.63. The lowest BCUT2D eigenvalue weighted by Crippen LogP contribution is -2.45. The summed E-state index contributed by atoms with van der Waals surface area (Å²) in [5.41, 5.74) is 3.92. The minimum absolute atomic E-state index is 0.0461. The van der Waals surface area contributed by atoms with Crippen LogP contribution in [0.25, 0.3) is 0 Å². The molecule has 0 radical (unpaired) electrons. The molecular weight excluding hydrogens is 645 g/mol. The van der Waals surface area contributed by atoms with Crippen molar-refractivity contribution in [1.82, 2.24) is 14.6 Å². The molecule has 1 saturated heterocycles. The number of carbonyl (C=O) groups excluding carboxylic acids is 2. The van der Waals surface area contributed by atoms with Crippen LogP contribution in [0, 0.1) is 0 Å². The molecular formula is C30H35F2N4O10P. The number of nitrogens with two attached hydrogens (primary N) is 1. The second-order valence-corrected chi connectivity index (χ2v) is 13.1. The first-order valence-corrected chi connectivity index (χ1v) is 15.9. The Bertz CT molecular complexity index is 1640. The van der Waals surface area contributed by atoms with Gasteiger partial charge in [0.25, 0.3) is 0 Å². The number of hydrogen-bond acceptors (Lipinski definition) is 12. The van der Waals surface area contributed by atoms with Crippen molar-refractivity contribution in [1.29, 1.82) is 0 Å². The molecule has 1 aromatic heterocycles. The van der Waals surface area contributed by atoms with Crippen molar-refractivity contribution in [3.63, 3.8) is 0 Å². The summed E-state index contributed by atoms with van der Waals surface area (Å²) in [6, 6.07) is 16.3. The standard InChI is InChI=1S/C30H35F2N4O10P/c1-19(25(37)41-17-20-11-7-5-8-12-20)35-47(40,46-21-13-9-6-10-14-21)42-18-22-24(44-28(39)45-29(2,3)4)30(31,32)26(43-22)36-16-15-23(33)34-27(36)38/h5-16,19,22,24,26H,17-18H2,1-4H3,(H,35,40)(H2,33,34,38)/t19-,22+,24+,26+,47?/m0/s1. The molecule has 0 spiro atoms. The molecule has 254 valence electrons.